The number of hydrogen-bond acceptors (Lipinski definition) is 3. The number of H-pyrrole nitrogens is 1. The quantitative estimate of drug-likeness (QED) is 0.765. The van der Waals surface area contributed by atoms with Crippen LogP contribution in [0.15, 0.2) is 48.5 Å². The van der Waals surface area contributed by atoms with Crippen molar-refractivity contribution >= 4 is 29.3 Å². The number of nitrogens with one attached hydrogen (secondary N) is 2. The highest BCUT2D eigenvalue weighted by molar-refractivity contribution is 5.84. The summed E-state index contributed by atoms with van der Waals surface area (Å²) in [6.45, 7) is 6.61. The van der Waals surface area contributed by atoms with E-state index in [1.807, 2.05) is 42.5 Å². The molecule has 1 aliphatic rings. The van der Waals surface area contributed by atoms with Gasteiger partial charge >= 0.3 is 6.09 Å². The highest BCUT2D eigenvalue weighted by atomic mass is 16.5. The Morgan fingerprint density at radius 3 is 2.85 bits per heavy atom. The van der Waals surface area contributed by atoms with Crippen LogP contribution in [0.5, 0.6) is 0 Å². The maximum absolute atomic E-state index is 11.6. The Balaban J connectivity index is 1.80. The molecule has 1 aliphatic heterocycles. The van der Waals surface area contributed by atoms with Gasteiger partial charge < -0.3 is 19.8 Å². The minimum absolute atomic E-state index is 0.265. The Morgan fingerprint density at radius 1 is 1.23 bits per heavy atom. The Kier molecular flexibility index (Phi) is 4.13. The second kappa shape index (κ2) is 6.59. The largest absolute Gasteiger partial charge is 0.482 e. The summed E-state index contributed by atoms with van der Waals surface area (Å²) in [5.74, 6) is 0.790. The third kappa shape index (κ3) is 2.71. The predicted molar refractivity (Wildman–Crippen MR) is 101 cm³/mol. The molecule has 5 heteroatoms. The number of amides is 1. The number of alkyl carbamates (subject to hydrolysis) is 1. The van der Waals surface area contributed by atoms with Gasteiger partial charge in [0, 0.05) is 32.6 Å². The van der Waals surface area contributed by atoms with Crippen molar-refractivity contribution < 1.29 is 14.3 Å². The summed E-state index contributed by atoms with van der Waals surface area (Å²) >= 11 is 0. The van der Waals surface area contributed by atoms with Crippen molar-refractivity contribution in [2.75, 3.05) is 13.2 Å². The van der Waals surface area contributed by atoms with Crippen LogP contribution in [0.25, 0.3) is 23.2 Å². The number of carbonyl (C=O) groups is 1. The third-order valence-corrected chi connectivity index (χ3v) is 4.53. The molecule has 1 aromatic heterocycles. The molecule has 4 rings (SSSR count). The van der Waals surface area contributed by atoms with E-state index in [2.05, 4.69) is 22.9 Å². The first-order chi connectivity index (χ1) is 12.7. The maximum atomic E-state index is 11.6. The molecule has 0 bridgehead atoms. The van der Waals surface area contributed by atoms with Gasteiger partial charge in [-0.05, 0) is 13.0 Å². The molecule has 0 saturated heterocycles. The van der Waals surface area contributed by atoms with Crippen molar-refractivity contribution in [3.8, 4) is 0 Å². The van der Waals surface area contributed by atoms with E-state index in [1.54, 1.807) is 6.92 Å². The molecule has 0 saturated carbocycles. The standard InChI is InChI=1S/C21H20N2O3/c1-3-25-21(24)22-12-18-14-8-4-5-9-15(14)20(26-18)19-13(2)23-17-11-7-6-10-16(17)19/h4-11,18,23H,2-3,12H2,1H3,(H,22,24)/b20-19-. The van der Waals surface area contributed by atoms with E-state index in [9.17, 15) is 4.79 Å². The number of fused-ring (bicyclic) bond motifs is 2. The first kappa shape index (κ1) is 16.3. The van der Waals surface area contributed by atoms with Crippen LogP contribution >= 0.6 is 0 Å². The number of para-hydroxylation sites is 1. The van der Waals surface area contributed by atoms with Gasteiger partial charge in [0.25, 0.3) is 0 Å². The second-order valence-corrected chi connectivity index (χ2v) is 6.15. The van der Waals surface area contributed by atoms with Crippen LogP contribution in [0.3, 0.4) is 0 Å². The average Bonchev–Trinajstić information content (AvgIpc) is 3.17. The number of rotatable bonds is 3. The fourth-order valence-corrected chi connectivity index (χ4v) is 3.41. The summed E-state index contributed by atoms with van der Waals surface area (Å²) in [6.07, 6.45) is -0.703. The van der Waals surface area contributed by atoms with E-state index in [0.717, 1.165) is 38.4 Å². The normalized spacial score (nSPS) is 17.7. The molecule has 1 atom stereocenters. The molecule has 0 spiro atoms. The highest BCUT2D eigenvalue weighted by Crippen LogP contribution is 2.36. The van der Waals surface area contributed by atoms with E-state index in [-0.39, 0.29) is 6.10 Å². The number of aromatic amines is 1. The van der Waals surface area contributed by atoms with Gasteiger partial charge in [0.2, 0.25) is 0 Å². The van der Waals surface area contributed by atoms with Crippen molar-refractivity contribution in [1.29, 1.82) is 0 Å². The van der Waals surface area contributed by atoms with Gasteiger partial charge in [-0.2, -0.15) is 0 Å². The van der Waals surface area contributed by atoms with Gasteiger partial charge in [0.05, 0.1) is 13.2 Å². The monoisotopic (exact) mass is 348 g/mol. The third-order valence-electron chi connectivity index (χ3n) is 4.53. The first-order valence-corrected chi connectivity index (χ1v) is 8.65. The summed E-state index contributed by atoms with van der Waals surface area (Å²) in [7, 11) is 0. The lowest BCUT2D eigenvalue weighted by atomic mass is 10.0. The minimum atomic E-state index is -0.438. The lowest BCUT2D eigenvalue weighted by Gasteiger charge is -2.13. The Bertz CT molecular complexity index is 1080. The van der Waals surface area contributed by atoms with E-state index >= 15 is 0 Å². The second-order valence-electron chi connectivity index (χ2n) is 6.15. The van der Waals surface area contributed by atoms with Crippen LogP contribution in [0.2, 0.25) is 0 Å². The molecule has 1 amide bonds. The van der Waals surface area contributed by atoms with Crippen LogP contribution in [-0.2, 0) is 9.47 Å². The van der Waals surface area contributed by atoms with Gasteiger partial charge in [-0.1, -0.05) is 49.0 Å². The van der Waals surface area contributed by atoms with Crippen molar-refractivity contribution in [1.82, 2.24) is 10.3 Å². The molecule has 2 aromatic carbocycles. The average molecular weight is 348 g/mol. The topological polar surface area (TPSA) is 63.3 Å². The summed E-state index contributed by atoms with van der Waals surface area (Å²) in [5.41, 5.74) is 3.09. The molecule has 5 nitrogen and oxygen atoms in total. The van der Waals surface area contributed by atoms with Gasteiger partial charge in [-0.25, -0.2) is 4.79 Å². The van der Waals surface area contributed by atoms with Crippen LogP contribution in [0, 0.1) is 0 Å². The Morgan fingerprint density at radius 2 is 2.00 bits per heavy atom. The number of carbonyl (C=O) groups excluding carboxylic acids is 1. The molecular formula is C21H20N2O3. The summed E-state index contributed by atoms with van der Waals surface area (Å²) < 4.78 is 11.2. The number of aromatic nitrogens is 1. The van der Waals surface area contributed by atoms with Crippen LogP contribution in [-0.4, -0.2) is 24.2 Å². The fourth-order valence-electron chi connectivity index (χ4n) is 3.41. The molecule has 0 aliphatic carbocycles. The zero-order valence-electron chi connectivity index (χ0n) is 14.5. The van der Waals surface area contributed by atoms with Crippen LogP contribution in [0.1, 0.15) is 24.2 Å². The lowest BCUT2D eigenvalue weighted by molar-refractivity contribution is 0.138. The van der Waals surface area contributed by atoms with E-state index in [0.29, 0.717) is 13.2 Å². The first-order valence-electron chi connectivity index (χ1n) is 8.65. The van der Waals surface area contributed by atoms with Crippen molar-refractivity contribution in [2.24, 2.45) is 0 Å². The lowest BCUT2D eigenvalue weighted by Crippen LogP contribution is -2.29. The molecule has 132 valence electrons. The molecule has 2 N–H and O–H groups in total. The number of ether oxygens (including phenoxy) is 2. The summed E-state index contributed by atoms with van der Waals surface area (Å²) in [4.78, 5) is 15.0. The molecule has 1 unspecified atom stereocenters. The van der Waals surface area contributed by atoms with Gasteiger partial charge in [0.15, 0.2) is 0 Å². The van der Waals surface area contributed by atoms with Gasteiger partial charge in [0.1, 0.15) is 11.9 Å². The molecule has 3 aromatic rings. The van der Waals surface area contributed by atoms with Gasteiger partial charge in [-0.3, -0.25) is 0 Å². The SMILES string of the molecule is C=c1[nH]c2ccccc2/c1=C1\OC(CNC(=O)OCC)c2ccccc21. The predicted octanol–water partition coefficient (Wildman–Crippen LogP) is 2.55. The van der Waals surface area contributed by atoms with Crippen molar-refractivity contribution in [3.63, 3.8) is 0 Å². The van der Waals surface area contributed by atoms with Gasteiger partial charge in [-0.15, -0.1) is 0 Å². The maximum Gasteiger partial charge on any atom is 0.407 e. The van der Waals surface area contributed by atoms with Crippen LogP contribution in [0.4, 0.5) is 4.79 Å². The van der Waals surface area contributed by atoms with E-state index in [4.69, 9.17) is 9.47 Å². The van der Waals surface area contributed by atoms with Crippen LogP contribution < -0.4 is 15.9 Å². The summed E-state index contributed by atoms with van der Waals surface area (Å²) in [6, 6.07) is 16.1. The Hall–Kier alpha value is -3.21. The molecular weight excluding hydrogens is 328 g/mol. The molecule has 26 heavy (non-hydrogen) atoms. The zero-order chi connectivity index (χ0) is 18.1. The number of hydrogen-bond donors (Lipinski definition) is 2. The summed E-state index contributed by atoms with van der Waals surface area (Å²) in [5, 5.41) is 5.61. The fraction of sp³-hybridized carbons (Fsp3) is 0.190. The molecule has 2 heterocycles. The smallest absolute Gasteiger partial charge is 0.407 e. The van der Waals surface area contributed by atoms with E-state index in [1.165, 1.54) is 0 Å². The zero-order valence-corrected chi connectivity index (χ0v) is 14.5. The molecule has 0 fully saturated rings. The Labute approximate surface area is 150 Å². The van der Waals surface area contributed by atoms with Crippen molar-refractivity contribution in [3.05, 3.63) is 70.2 Å². The molecule has 0 radical (unpaired) electrons. The highest BCUT2D eigenvalue weighted by Gasteiger charge is 2.29. The minimum Gasteiger partial charge on any atom is -0.482 e. The van der Waals surface area contributed by atoms with E-state index < -0.39 is 6.09 Å². The van der Waals surface area contributed by atoms with Crippen molar-refractivity contribution in [2.45, 2.75) is 13.0 Å². The number of benzene rings is 2.